The van der Waals surface area contributed by atoms with E-state index >= 15 is 0 Å². The van der Waals surface area contributed by atoms with Gasteiger partial charge < -0.3 is 34.8 Å². The summed E-state index contributed by atoms with van der Waals surface area (Å²) in [5.74, 6) is 0.113. The third-order valence-corrected chi connectivity index (χ3v) is 8.02. The maximum Gasteiger partial charge on any atom is 0.410 e. The Balaban J connectivity index is 0.000000362. The van der Waals surface area contributed by atoms with E-state index in [4.69, 9.17) is 9.47 Å². The Bertz CT molecular complexity index is 899. The number of hydrogen-bond donors (Lipinski definition) is 3. The van der Waals surface area contributed by atoms with Crippen LogP contribution in [0.5, 0.6) is 0 Å². The summed E-state index contributed by atoms with van der Waals surface area (Å²) in [6.07, 6.45) is 6.32. The van der Waals surface area contributed by atoms with Crippen LogP contribution in [0.2, 0.25) is 0 Å². The normalized spacial score (nSPS) is 24.0. The Labute approximate surface area is 271 Å². The van der Waals surface area contributed by atoms with Gasteiger partial charge in [-0.05, 0) is 113 Å². The van der Waals surface area contributed by atoms with Gasteiger partial charge in [-0.1, -0.05) is 0 Å². The molecule has 258 valence electrons. The third kappa shape index (κ3) is 16.1. The fourth-order valence-electron chi connectivity index (χ4n) is 5.40. The van der Waals surface area contributed by atoms with Gasteiger partial charge in [0.15, 0.2) is 5.78 Å². The van der Waals surface area contributed by atoms with Crippen LogP contribution in [0.4, 0.5) is 9.59 Å². The zero-order valence-electron chi connectivity index (χ0n) is 28.6. The minimum absolute atomic E-state index is 0. The average Bonchev–Trinajstić information content (AvgIpc) is 2.87. The van der Waals surface area contributed by atoms with Gasteiger partial charge in [0.25, 0.3) is 0 Å². The van der Waals surface area contributed by atoms with Crippen molar-refractivity contribution in [2.24, 2.45) is 0 Å². The van der Waals surface area contributed by atoms with Gasteiger partial charge in [0.1, 0.15) is 11.2 Å². The number of ketones is 1. The number of amides is 2. The molecule has 0 radical (unpaired) electrons. The monoisotopic (exact) mass is 648 g/mol. The molecule has 1 unspecified atom stereocenters. The van der Waals surface area contributed by atoms with Crippen molar-refractivity contribution in [3.8, 4) is 0 Å². The van der Waals surface area contributed by atoms with E-state index in [2.05, 4.69) is 10.2 Å². The SMILES string of the molecule is CC(C)(C)OC(=O)N1CCCC(=O)C1.CC1(O)CCN(C2CCCN(C(=O)OC(C)(C)C)C2)CC1.CC1(O)CCNCC1.Cl. The molecule has 4 aliphatic heterocycles. The molecule has 1 atom stereocenters. The van der Waals surface area contributed by atoms with Crippen molar-refractivity contribution in [1.29, 1.82) is 0 Å². The number of carbonyl (C=O) groups excluding carboxylic acids is 3. The van der Waals surface area contributed by atoms with E-state index in [0.717, 1.165) is 84.2 Å². The molecule has 4 heterocycles. The second kappa shape index (κ2) is 17.3. The van der Waals surface area contributed by atoms with E-state index in [1.165, 1.54) is 4.90 Å². The number of ether oxygens (including phenoxy) is 2. The molecule has 0 spiro atoms. The zero-order chi connectivity index (χ0) is 32.5. The van der Waals surface area contributed by atoms with Crippen molar-refractivity contribution in [3.63, 3.8) is 0 Å². The molecule has 44 heavy (non-hydrogen) atoms. The Morgan fingerprint density at radius 2 is 1.27 bits per heavy atom. The first kappa shape index (κ1) is 40.4. The molecule has 4 saturated heterocycles. The fourth-order valence-corrected chi connectivity index (χ4v) is 5.40. The van der Waals surface area contributed by atoms with E-state index in [1.54, 1.807) is 0 Å². The molecular weight excluding hydrogens is 588 g/mol. The Morgan fingerprint density at radius 1 is 0.795 bits per heavy atom. The van der Waals surface area contributed by atoms with Gasteiger partial charge in [-0.15, -0.1) is 12.4 Å². The predicted molar refractivity (Wildman–Crippen MR) is 174 cm³/mol. The van der Waals surface area contributed by atoms with Crippen molar-refractivity contribution in [2.75, 3.05) is 52.4 Å². The molecule has 0 bridgehead atoms. The summed E-state index contributed by atoms with van der Waals surface area (Å²) in [4.78, 5) is 40.5. The number of nitrogens with zero attached hydrogens (tertiary/aromatic N) is 3. The summed E-state index contributed by atoms with van der Waals surface area (Å²) in [5, 5.41) is 22.6. The van der Waals surface area contributed by atoms with Gasteiger partial charge in [0, 0.05) is 45.2 Å². The maximum absolute atomic E-state index is 12.2. The Hall–Kier alpha value is -1.66. The summed E-state index contributed by atoms with van der Waals surface area (Å²) in [7, 11) is 0. The minimum Gasteiger partial charge on any atom is -0.444 e. The highest BCUT2D eigenvalue weighted by molar-refractivity contribution is 5.85. The van der Waals surface area contributed by atoms with Gasteiger partial charge >= 0.3 is 12.2 Å². The summed E-state index contributed by atoms with van der Waals surface area (Å²) in [6, 6.07) is 0.405. The number of piperidine rings is 4. The number of nitrogens with one attached hydrogen (secondary N) is 1. The summed E-state index contributed by atoms with van der Waals surface area (Å²) in [5.41, 5.74) is -1.83. The number of hydrogen-bond acceptors (Lipinski definition) is 9. The number of carbonyl (C=O) groups is 3. The topological polar surface area (TPSA) is 132 Å². The second-order valence-electron chi connectivity index (χ2n) is 15.0. The number of halogens is 1. The first-order valence-electron chi connectivity index (χ1n) is 16.1. The van der Waals surface area contributed by atoms with Crippen LogP contribution in [0, 0.1) is 0 Å². The highest BCUT2D eigenvalue weighted by Crippen LogP contribution is 2.26. The standard InChI is InChI=1S/C16H30N2O3.C10H17NO3.C6H13NO.ClH/c1-15(2,3)21-14(19)18-9-5-6-13(12-18)17-10-7-16(4,20)8-11-17;1-10(2,3)14-9(13)11-6-4-5-8(12)7-11;1-6(8)2-4-7-5-3-6;/h13,20H,5-12H2,1-4H3;4-7H2,1-3H3;7-8H,2-5H2,1H3;1H. The molecule has 11 nitrogen and oxygen atoms in total. The van der Waals surface area contributed by atoms with Gasteiger partial charge in [0.05, 0.1) is 17.7 Å². The van der Waals surface area contributed by atoms with E-state index in [-0.39, 0.29) is 42.5 Å². The largest absolute Gasteiger partial charge is 0.444 e. The first-order chi connectivity index (χ1) is 19.8. The van der Waals surface area contributed by atoms with Crippen LogP contribution in [0.25, 0.3) is 0 Å². The highest BCUT2D eigenvalue weighted by atomic mass is 35.5. The molecule has 0 aromatic rings. The number of rotatable bonds is 1. The molecule has 0 saturated carbocycles. The second-order valence-corrected chi connectivity index (χ2v) is 15.0. The summed E-state index contributed by atoms with van der Waals surface area (Å²) >= 11 is 0. The lowest BCUT2D eigenvalue weighted by Crippen LogP contribution is -2.54. The van der Waals surface area contributed by atoms with Crippen LogP contribution >= 0.6 is 12.4 Å². The van der Waals surface area contributed by atoms with Gasteiger partial charge in [-0.2, -0.15) is 0 Å². The van der Waals surface area contributed by atoms with Crippen LogP contribution in [0.3, 0.4) is 0 Å². The first-order valence-corrected chi connectivity index (χ1v) is 16.1. The lowest BCUT2D eigenvalue weighted by Gasteiger charge is -2.44. The molecular formula is C32H61ClN4O7. The van der Waals surface area contributed by atoms with Crippen LogP contribution in [0.1, 0.15) is 107 Å². The third-order valence-electron chi connectivity index (χ3n) is 8.02. The van der Waals surface area contributed by atoms with E-state index in [0.29, 0.717) is 19.0 Å². The molecule has 0 aliphatic carbocycles. The van der Waals surface area contributed by atoms with Crippen molar-refractivity contribution in [1.82, 2.24) is 20.0 Å². The van der Waals surface area contributed by atoms with Gasteiger partial charge in [-0.3, -0.25) is 9.69 Å². The minimum atomic E-state index is -0.518. The maximum atomic E-state index is 12.2. The molecule has 12 heteroatoms. The van der Waals surface area contributed by atoms with Crippen LogP contribution < -0.4 is 5.32 Å². The number of aliphatic hydroxyl groups is 2. The van der Waals surface area contributed by atoms with Crippen LogP contribution in [0.15, 0.2) is 0 Å². The fraction of sp³-hybridized carbons (Fsp3) is 0.906. The smallest absolute Gasteiger partial charge is 0.410 e. The van der Waals surface area contributed by atoms with Crippen molar-refractivity contribution in [2.45, 2.75) is 135 Å². The number of Topliss-reactive ketones (excluding diaryl/α,β-unsaturated/α-hetero) is 1. The van der Waals surface area contributed by atoms with E-state index < -0.39 is 16.8 Å². The lowest BCUT2D eigenvalue weighted by molar-refractivity contribution is -0.122. The van der Waals surface area contributed by atoms with Crippen molar-refractivity contribution in [3.05, 3.63) is 0 Å². The summed E-state index contributed by atoms with van der Waals surface area (Å²) < 4.78 is 10.6. The number of likely N-dealkylation sites (tertiary alicyclic amines) is 3. The van der Waals surface area contributed by atoms with E-state index in [1.807, 2.05) is 60.3 Å². The Kier molecular flexibility index (Phi) is 15.9. The molecule has 0 aromatic carbocycles. The highest BCUT2D eigenvalue weighted by Gasteiger charge is 2.35. The zero-order valence-corrected chi connectivity index (χ0v) is 29.4. The van der Waals surface area contributed by atoms with Crippen LogP contribution in [-0.2, 0) is 14.3 Å². The molecule has 2 amide bonds. The molecule has 4 aliphatic rings. The van der Waals surface area contributed by atoms with Gasteiger partial charge in [-0.25, -0.2) is 9.59 Å². The van der Waals surface area contributed by atoms with Crippen LogP contribution in [-0.4, -0.2) is 124 Å². The van der Waals surface area contributed by atoms with Gasteiger partial charge in [0.2, 0.25) is 0 Å². The molecule has 4 fully saturated rings. The molecule has 0 aromatic heterocycles. The lowest BCUT2D eigenvalue weighted by atomic mass is 9.91. The Morgan fingerprint density at radius 3 is 1.73 bits per heavy atom. The average molecular weight is 649 g/mol. The van der Waals surface area contributed by atoms with Crippen molar-refractivity contribution < 1.29 is 34.1 Å². The quantitative estimate of drug-likeness (QED) is 0.379. The molecule has 3 N–H and O–H groups in total. The van der Waals surface area contributed by atoms with Crippen molar-refractivity contribution >= 4 is 30.4 Å². The molecule has 4 rings (SSSR count). The summed E-state index contributed by atoms with van der Waals surface area (Å²) in [6.45, 7) is 21.1. The predicted octanol–water partition coefficient (Wildman–Crippen LogP) is 4.36. The van der Waals surface area contributed by atoms with E-state index in [9.17, 15) is 24.6 Å².